The van der Waals surface area contributed by atoms with Crippen molar-refractivity contribution in [2.75, 3.05) is 5.32 Å². The fraction of sp³-hybridized carbons (Fsp3) is 0.333. The maximum Gasteiger partial charge on any atom is 0.206 e. The molecule has 0 aliphatic carbocycles. The van der Waals surface area contributed by atoms with Gasteiger partial charge in [0, 0.05) is 25.1 Å². The van der Waals surface area contributed by atoms with Crippen LogP contribution >= 0.6 is 11.3 Å². The lowest BCUT2D eigenvalue weighted by Crippen LogP contribution is -2.11. The summed E-state index contributed by atoms with van der Waals surface area (Å²) in [5.41, 5.74) is 0.842. The van der Waals surface area contributed by atoms with Gasteiger partial charge < -0.3 is 9.88 Å². The van der Waals surface area contributed by atoms with Crippen molar-refractivity contribution < 1.29 is 0 Å². The molecule has 6 nitrogen and oxygen atoms in total. The molecule has 0 spiro atoms. The number of hydrogen-bond acceptors (Lipinski definition) is 6. The summed E-state index contributed by atoms with van der Waals surface area (Å²) in [5.74, 6) is 1.59. The number of anilines is 1. The normalized spacial score (nSPS) is 11.0. The summed E-state index contributed by atoms with van der Waals surface area (Å²) in [6.45, 7) is 5.99. The second-order valence-corrected chi connectivity index (χ2v) is 6.35. The highest BCUT2D eigenvalue weighted by Gasteiger charge is 2.09. The monoisotopic (exact) mass is 314 g/mol. The first kappa shape index (κ1) is 14.6. The average Bonchev–Trinajstić information content (AvgIpc) is 3.15. The maximum absolute atomic E-state index is 4.39. The highest BCUT2D eigenvalue weighted by Crippen LogP contribution is 2.24. The van der Waals surface area contributed by atoms with Crippen molar-refractivity contribution in [2.45, 2.75) is 26.9 Å². The molecular weight excluding hydrogens is 296 g/mol. The van der Waals surface area contributed by atoms with Crippen molar-refractivity contribution in [1.29, 1.82) is 0 Å². The molecule has 0 unspecified atom stereocenters. The Hall–Kier alpha value is -2.28. The first-order chi connectivity index (χ1) is 10.7. The van der Waals surface area contributed by atoms with E-state index in [1.165, 1.54) is 11.3 Å². The summed E-state index contributed by atoms with van der Waals surface area (Å²) in [6.07, 6.45) is 5.60. The fourth-order valence-corrected chi connectivity index (χ4v) is 2.83. The molecule has 0 fully saturated rings. The van der Waals surface area contributed by atoms with Crippen LogP contribution in [-0.2, 0) is 13.1 Å². The molecule has 0 bridgehead atoms. The van der Waals surface area contributed by atoms with Crippen molar-refractivity contribution in [3.05, 3.63) is 42.6 Å². The van der Waals surface area contributed by atoms with E-state index < -0.39 is 0 Å². The Morgan fingerprint density at radius 2 is 2.09 bits per heavy atom. The largest absolute Gasteiger partial charge is 0.353 e. The zero-order valence-corrected chi connectivity index (χ0v) is 13.4. The summed E-state index contributed by atoms with van der Waals surface area (Å²) in [7, 11) is 0. The van der Waals surface area contributed by atoms with E-state index in [1.54, 1.807) is 6.20 Å². The number of hydrogen-bond donors (Lipinski definition) is 1. The summed E-state index contributed by atoms with van der Waals surface area (Å²) in [6, 6.07) is 5.76. The minimum Gasteiger partial charge on any atom is -0.353 e. The maximum atomic E-state index is 4.39. The van der Waals surface area contributed by atoms with E-state index in [0.717, 1.165) is 28.2 Å². The van der Waals surface area contributed by atoms with Crippen LogP contribution < -0.4 is 5.32 Å². The van der Waals surface area contributed by atoms with Crippen LogP contribution in [0.2, 0.25) is 0 Å². The van der Waals surface area contributed by atoms with E-state index in [-0.39, 0.29) is 0 Å². The van der Waals surface area contributed by atoms with E-state index in [0.29, 0.717) is 12.5 Å². The lowest BCUT2D eigenvalue weighted by atomic mass is 10.2. The number of nitrogens with one attached hydrogen (secondary N) is 1. The quantitative estimate of drug-likeness (QED) is 0.757. The Labute approximate surface area is 133 Å². The molecule has 7 heteroatoms. The van der Waals surface area contributed by atoms with Crippen LogP contribution in [0, 0.1) is 5.92 Å². The third-order valence-corrected chi connectivity index (χ3v) is 3.97. The van der Waals surface area contributed by atoms with Crippen LogP contribution in [0.4, 0.5) is 5.13 Å². The predicted octanol–water partition coefficient (Wildman–Crippen LogP) is 3.06. The summed E-state index contributed by atoms with van der Waals surface area (Å²) in [4.78, 5) is 8.68. The van der Waals surface area contributed by atoms with Crippen molar-refractivity contribution in [2.24, 2.45) is 5.92 Å². The second-order valence-electron chi connectivity index (χ2n) is 5.37. The predicted molar refractivity (Wildman–Crippen MR) is 87.5 cm³/mol. The van der Waals surface area contributed by atoms with Crippen LogP contribution in [0.15, 0.2) is 36.8 Å². The molecule has 0 aliphatic rings. The Balaban J connectivity index is 1.65. The standard InChI is InChI=1S/C15H18N6S/c1-11(2)10-21-8-7-17-13(21)9-18-15-20-19-14(22-15)12-5-3-4-6-16-12/h3-8,11H,9-10H2,1-2H3,(H,18,20). The van der Waals surface area contributed by atoms with E-state index in [1.807, 2.05) is 30.6 Å². The number of pyridine rings is 1. The third kappa shape index (κ3) is 3.48. The van der Waals surface area contributed by atoms with Gasteiger partial charge in [0.05, 0.1) is 6.54 Å². The molecule has 0 aromatic carbocycles. The van der Waals surface area contributed by atoms with Gasteiger partial charge in [0.25, 0.3) is 0 Å². The average molecular weight is 314 g/mol. The molecule has 0 radical (unpaired) electrons. The van der Waals surface area contributed by atoms with Gasteiger partial charge >= 0.3 is 0 Å². The van der Waals surface area contributed by atoms with Gasteiger partial charge in [0.1, 0.15) is 11.5 Å². The number of nitrogens with zero attached hydrogens (tertiary/aromatic N) is 5. The molecule has 3 rings (SSSR count). The Morgan fingerprint density at radius 1 is 1.18 bits per heavy atom. The van der Waals surface area contributed by atoms with Gasteiger partial charge in [0.2, 0.25) is 5.13 Å². The summed E-state index contributed by atoms with van der Waals surface area (Å²) < 4.78 is 2.17. The van der Waals surface area contributed by atoms with Gasteiger partial charge in [-0.1, -0.05) is 31.3 Å². The molecule has 22 heavy (non-hydrogen) atoms. The van der Waals surface area contributed by atoms with Gasteiger partial charge in [-0.05, 0) is 18.1 Å². The first-order valence-electron chi connectivity index (χ1n) is 7.21. The number of aromatic nitrogens is 5. The zero-order chi connectivity index (χ0) is 15.4. The highest BCUT2D eigenvalue weighted by molar-refractivity contribution is 7.18. The van der Waals surface area contributed by atoms with Crippen molar-refractivity contribution in [3.63, 3.8) is 0 Å². The molecule has 0 amide bonds. The summed E-state index contributed by atoms with van der Waals surface area (Å²) in [5, 5.41) is 13.2. The topological polar surface area (TPSA) is 68.5 Å². The van der Waals surface area contributed by atoms with Crippen LogP contribution in [0.3, 0.4) is 0 Å². The fourth-order valence-electron chi connectivity index (χ4n) is 2.11. The SMILES string of the molecule is CC(C)Cn1ccnc1CNc1nnc(-c2ccccn2)s1. The molecule has 3 aromatic rings. The lowest BCUT2D eigenvalue weighted by Gasteiger charge is -2.10. The van der Waals surface area contributed by atoms with E-state index >= 15 is 0 Å². The van der Waals surface area contributed by atoms with Crippen LogP contribution in [-0.4, -0.2) is 24.7 Å². The molecular formula is C15H18N6S. The number of imidazole rings is 1. The molecule has 0 saturated carbocycles. The zero-order valence-electron chi connectivity index (χ0n) is 12.6. The molecule has 114 valence electrons. The smallest absolute Gasteiger partial charge is 0.206 e. The molecule has 0 atom stereocenters. The second kappa shape index (κ2) is 6.65. The van der Waals surface area contributed by atoms with E-state index in [9.17, 15) is 0 Å². The minimum atomic E-state index is 0.588. The Morgan fingerprint density at radius 3 is 2.86 bits per heavy atom. The molecule has 3 aromatic heterocycles. The Bertz CT molecular complexity index is 718. The van der Waals surface area contributed by atoms with Crippen LogP contribution in [0.25, 0.3) is 10.7 Å². The van der Waals surface area contributed by atoms with Gasteiger partial charge in [-0.25, -0.2) is 4.98 Å². The Kier molecular flexibility index (Phi) is 4.43. The van der Waals surface area contributed by atoms with Gasteiger partial charge in [-0.3, -0.25) is 4.98 Å². The van der Waals surface area contributed by atoms with Crippen LogP contribution in [0.5, 0.6) is 0 Å². The van der Waals surface area contributed by atoms with Crippen molar-refractivity contribution in [1.82, 2.24) is 24.7 Å². The van der Waals surface area contributed by atoms with E-state index in [2.05, 4.69) is 43.9 Å². The molecule has 0 aliphatic heterocycles. The van der Waals surface area contributed by atoms with Crippen molar-refractivity contribution in [3.8, 4) is 10.7 Å². The lowest BCUT2D eigenvalue weighted by molar-refractivity contribution is 0.509. The van der Waals surface area contributed by atoms with Gasteiger partial charge in [-0.2, -0.15) is 0 Å². The molecule has 3 heterocycles. The highest BCUT2D eigenvalue weighted by atomic mass is 32.1. The third-order valence-electron chi connectivity index (χ3n) is 3.07. The van der Waals surface area contributed by atoms with Crippen molar-refractivity contribution >= 4 is 16.5 Å². The number of rotatable bonds is 6. The van der Waals surface area contributed by atoms with Gasteiger partial charge in [0.15, 0.2) is 5.01 Å². The molecule has 0 saturated heterocycles. The van der Waals surface area contributed by atoms with E-state index in [4.69, 9.17) is 0 Å². The molecule has 1 N–H and O–H groups in total. The first-order valence-corrected chi connectivity index (χ1v) is 8.03. The van der Waals surface area contributed by atoms with Crippen LogP contribution in [0.1, 0.15) is 19.7 Å². The minimum absolute atomic E-state index is 0.588. The van der Waals surface area contributed by atoms with Gasteiger partial charge in [-0.15, -0.1) is 10.2 Å². The summed E-state index contributed by atoms with van der Waals surface area (Å²) >= 11 is 1.49.